The molecule has 8 heteroatoms. The van der Waals surface area contributed by atoms with Gasteiger partial charge >= 0.3 is 0 Å². The molecule has 0 fully saturated rings. The molecule has 0 atom stereocenters. The highest BCUT2D eigenvalue weighted by Gasteiger charge is 2.15. The maximum Gasteiger partial charge on any atom is 0.282 e. The topological polar surface area (TPSA) is 65.7 Å². The van der Waals surface area contributed by atoms with E-state index >= 15 is 0 Å². The van der Waals surface area contributed by atoms with Crippen molar-refractivity contribution >= 4 is 33.0 Å². The summed E-state index contributed by atoms with van der Waals surface area (Å²) in [5, 5.41) is 5.07. The van der Waals surface area contributed by atoms with Crippen molar-refractivity contribution in [2.45, 2.75) is 46.1 Å². The van der Waals surface area contributed by atoms with Crippen molar-refractivity contribution in [3.8, 4) is 11.5 Å². The Morgan fingerprint density at radius 2 is 1.97 bits per heavy atom. The molecule has 0 unspecified atom stereocenters. The van der Waals surface area contributed by atoms with Gasteiger partial charge in [-0.1, -0.05) is 47.5 Å². The van der Waals surface area contributed by atoms with E-state index in [0.717, 1.165) is 28.4 Å². The summed E-state index contributed by atoms with van der Waals surface area (Å²) in [4.78, 5) is 18.2. The zero-order chi connectivity index (χ0) is 27.8. The van der Waals surface area contributed by atoms with Crippen LogP contribution in [0, 0.1) is 5.82 Å². The van der Waals surface area contributed by atoms with Gasteiger partial charge in [-0.2, -0.15) is 9.78 Å². The van der Waals surface area contributed by atoms with Crippen LogP contribution in [0.4, 0.5) is 4.39 Å². The summed E-state index contributed by atoms with van der Waals surface area (Å²) in [6, 6.07) is 15.5. The number of aromatic nitrogens is 2. The van der Waals surface area contributed by atoms with E-state index in [-0.39, 0.29) is 18.0 Å². The molecular formula is C31H31BrFN3O3. The van der Waals surface area contributed by atoms with Crippen LogP contribution in [-0.2, 0) is 19.4 Å². The highest BCUT2D eigenvalue weighted by Crippen LogP contribution is 2.34. The highest BCUT2D eigenvalue weighted by molar-refractivity contribution is 9.10. The van der Waals surface area contributed by atoms with Gasteiger partial charge in [0.05, 0.1) is 23.7 Å². The van der Waals surface area contributed by atoms with Crippen molar-refractivity contribution in [2.75, 3.05) is 6.61 Å². The number of nitrogens with zero attached hydrogens (tertiary/aromatic N) is 3. The summed E-state index contributed by atoms with van der Waals surface area (Å²) in [5.41, 5.74) is 2.70. The third-order valence-corrected chi connectivity index (χ3v) is 6.54. The molecule has 1 aromatic heterocycles. The van der Waals surface area contributed by atoms with Gasteiger partial charge in [-0.15, -0.1) is 6.58 Å². The minimum Gasteiger partial charge on any atom is -0.490 e. The molecule has 0 amide bonds. The van der Waals surface area contributed by atoms with E-state index < -0.39 is 0 Å². The van der Waals surface area contributed by atoms with E-state index in [9.17, 15) is 9.18 Å². The molecule has 202 valence electrons. The fourth-order valence-corrected chi connectivity index (χ4v) is 4.57. The second kappa shape index (κ2) is 13.3. The van der Waals surface area contributed by atoms with Crippen molar-refractivity contribution in [1.82, 2.24) is 9.66 Å². The molecule has 0 spiro atoms. The first-order valence-corrected chi connectivity index (χ1v) is 13.8. The summed E-state index contributed by atoms with van der Waals surface area (Å²) >= 11 is 3.44. The average molecular weight is 593 g/mol. The van der Waals surface area contributed by atoms with Gasteiger partial charge in [0.2, 0.25) is 0 Å². The van der Waals surface area contributed by atoms with Crippen LogP contribution in [0.5, 0.6) is 11.5 Å². The largest absolute Gasteiger partial charge is 0.490 e. The molecular weight excluding hydrogens is 561 g/mol. The van der Waals surface area contributed by atoms with E-state index in [1.165, 1.54) is 16.8 Å². The maximum atomic E-state index is 13.7. The van der Waals surface area contributed by atoms with E-state index in [2.05, 4.69) is 34.5 Å². The summed E-state index contributed by atoms with van der Waals surface area (Å²) in [6.45, 7) is 8.47. The number of halogens is 2. The van der Waals surface area contributed by atoms with Crippen molar-refractivity contribution in [3.63, 3.8) is 0 Å². The SMILES string of the molecule is C=CCc1cc(C=Nn2c(CCCC)nc3ccc(Br)cc3c2=O)cc(OCC)c1OCc1cccc(F)c1. The molecule has 6 nitrogen and oxygen atoms in total. The molecule has 0 saturated heterocycles. The van der Waals surface area contributed by atoms with E-state index in [1.54, 1.807) is 24.4 Å². The number of fused-ring (bicyclic) bond motifs is 1. The monoisotopic (exact) mass is 591 g/mol. The van der Waals surface area contributed by atoms with Gasteiger partial charge in [0, 0.05) is 16.5 Å². The first kappa shape index (κ1) is 28.2. The Labute approximate surface area is 235 Å². The van der Waals surface area contributed by atoms with Gasteiger partial charge in [-0.3, -0.25) is 4.79 Å². The Kier molecular flexibility index (Phi) is 9.65. The number of aryl methyl sites for hydroxylation is 1. The third kappa shape index (κ3) is 7.00. The molecule has 0 aliphatic rings. The number of rotatable bonds is 12. The maximum absolute atomic E-state index is 13.7. The van der Waals surface area contributed by atoms with Crippen LogP contribution in [0.3, 0.4) is 0 Å². The number of hydrogen-bond donors (Lipinski definition) is 0. The lowest BCUT2D eigenvalue weighted by Crippen LogP contribution is -2.22. The predicted molar refractivity (Wildman–Crippen MR) is 158 cm³/mol. The summed E-state index contributed by atoms with van der Waals surface area (Å²) in [5.74, 6) is 1.40. The van der Waals surface area contributed by atoms with Crippen LogP contribution in [0.25, 0.3) is 10.9 Å². The predicted octanol–water partition coefficient (Wildman–Crippen LogP) is 7.23. The normalized spacial score (nSPS) is 11.3. The first-order chi connectivity index (χ1) is 18.9. The van der Waals surface area contributed by atoms with Crippen molar-refractivity contribution < 1.29 is 13.9 Å². The fourth-order valence-electron chi connectivity index (χ4n) is 4.21. The van der Waals surface area contributed by atoms with Crippen LogP contribution in [0.1, 0.15) is 49.2 Å². The van der Waals surface area contributed by atoms with Crippen molar-refractivity contribution in [3.05, 3.63) is 110 Å². The van der Waals surface area contributed by atoms with Crippen LogP contribution < -0.4 is 15.0 Å². The van der Waals surface area contributed by atoms with Crippen molar-refractivity contribution in [1.29, 1.82) is 0 Å². The van der Waals surface area contributed by atoms with Crippen LogP contribution in [-0.4, -0.2) is 22.5 Å². The molecule has 0 aliphatic carbocycles. The Bertz CT molecular complexity index is 1570. The molecule has 0 aliphatic heterocycles. The van der Waals surface area contributed by atoms with E-state index in [4.69, 9.17) is 14.5 Å². The van der Waals surface area contributed by atoms with Crippen molar-refractivity contribution in [2.24, 2.45) is 5.10 Å². The first-order valence-electron chi connectivity index (χ1n) is 13.0. The van der Waals surface area contributed by atoms with Gasteiger partial charge in [0.1, 0.15) is 18.2 Å². The van der Waals surface area contributed by atoms with Crippen LogP contribution in [0.2, 0.25) is 0 Å². The molecule has 3 aromatic carbocycles. The lowest BCUT2D eigenvalue weighted by molar-refractivity contribution is 0.267. The number of benzene rings is 3. The minimum absolute atomic E-state index is 0.184. The Balaban J connectivity index is 1.74. The van der Waals surface area contributed by atoms with Gasteiger partial charge in [-0.05, 0) is 73.4 Å². The average Bonchev–Trinajstić information content (AvgIpc) is 2.92. The third-order valence-electron chi connectivity index (χ3n) is 6.04. The molecule has 0 N–H and O–H groups in total. The Morgan fingerprint density at radius 3 is 2.72 bits per heavy atom. The van der Waals surface area contributed by atoms with Gasteiger partial charge < -0.3 is 9.47 Å². The fraction of sp³-hybridized carbons (Fsp3) is 0.258. The van der Waals surface area contributed by atoms with Gasteiger partial charge in [0.25, 0.3) is 5.56 Å². The standard InChI is InChI=1S/C31H31BrFN3O3/c1-4-7-12-29-35-27-14-13-24(32)18-26(27)31(37)36(29)34-19-22-15-23(9-5-2)30(28(17-22)38-6-3)39-20-21-10-8-11-25(33)16-21/h5,8,10-11,13-19H,2,4,6-7,9,12,20H2,1,3H3. The van der Waals surface area contributed by atoms with E-state index in [0.29, 0.717) is 53.2 Å². The summed E-state index contributed by atoms with van der Waals surface area (Å²) in [7, 11) is 0. The second-order valence-electron chi connectivity index (χ2n) is 9.01. The Hall–Kier alpha value is -3.78. The van der Waals surface area contributed by atoms with Gasteiger partial charge in [-0.25, -0.2) is 9.37 Å². The lowest BCUT2D eigenvalue weighted by Gasteiger charge is -2.17. The smallest absolute Gasteiger partial charge is 0.282 e. The molecule has 0 radical (unpaired) electrons. The minimum atomic E-state index is -0.317. The molecule has 0 saturated carbocycles. The number of hydrogen-bond acceptors (Lipinski definition) is 5. The molecule has 39 heavy (non-hydrogen) atoms. The molecule has 4 aromatic rings. The van der Waals surface area contributed by atoms with E-state index in [1.807, 2.05) is 37.3 Å². The Morgan fingerprint density at radius 1 is 1.13 bits per heavy atom. The summed E-state index contributed by atoms with van der Waals surface area (Å²) in [6.07, 6.45) is 6.42. The molecule has 4 rings (SSSR count). The number of unbranched alkanes of at least 4 members (excludes halogenated alkanes) is 1. The lowest BCUT2D eigenvalue weighted by atomic mass is 10.1. The van der Waals surface area contributed by atoms with Crippen LogP contribution in [0.15, 0.2) is 81.6 Å². The quantitative estimate of drug-likeness (QED) is 0.129. The zero-order valence-corrected chi connectivity index (χ0v) is 23.7. The number of allylic oxidation sites excluding steroid dienone is 1. The second-order valence-corrected chi connectivity index (χ2v) is 9.92. The molecule has 0 bridgehead atoms. The molecule has 1 heterocycles. The van der Waals surface area contributed by atoms with Crippen LogP contribution >= 0.6 is 15.9 Å². The highest BCUT2D eigenvalue weighted by atomic mass is 79.9. The number of ether oxygens (including phenoxy) is 2. The zero-order valence-electron chi connectivity index (χ0n) is 22.1. The summed E-state index contributed by atoms with van der Waals surface area (Å²) < 4.78 is 27.9. The van der Waals surface area contributed by atoms with Gasteiger partial charge in [0.15, 0.2) is 11.5 Å².